The van der Waals surface area contributed by atoms with Crippen molar-refractivity contribution >= 4 is 16.9 Å². The van der Waals surface area contributed by atoms with Gasteiger partial charge in [0.15, 0.2) is 0 Å². The van der Waals surface area contributed by atoms with E-state index in [9.17, 15) is 4.79 Å². The van der Waals surface area contributed by atoms with Crippen LogP contribution in [0.4, 0.5) is 0 Å². The van der Waals surface area contributed by atoms with E-state index in [2.05, 4.69) is 4.74 Å². The van der Waals surface area contributed by atoms with E-state index in [1.807, 2.05) is 41.9 Å². The Morgan fingerprint density at radius 1 is 1.44 bits per heavy atom. The summed E-state index contributed by atoms with van der Waals surface area (Å²) in [7, 11) is 3.23. The zero-order chi connectivity index (χ0) is 13.1. The monoisotopic (exact) mass is 245 g/mol. The molecule has 0 fully saturated rings. The Bertz CT molecular complexity index is 611. The van der Waals surface area contributed by atoms with Crippen LogP contribution in [-0.4, -0.2) is 22.8 Å². The number of esters is 1. The van der Waals surface area contributed by atoms with Gasteiger partial charge in [0.05, 0.1) is 18.9 Å². The number of carbonyl (C=O) groups is 1. The van der Waals surface area contributed by atoms with Crippen LogP contribution in [0, 0.1) is 0 Å². The Kier molecular flexibility index (Phi) is 3.37. The summed E-state index contributed by atoms with van der Waals surface area (Å²) in [6, 6.07) is 9.96. The highest BCUT2D eigenvalue weighted by Crippen LogP contribution is 2.20. The minimum atomic E-state index is -0.511. The third kappa shape index (κ3) is 2.09. The number of aliphatic hydroxyl groups excluding tert-OH is 1. The first-order valence-corrected chi connectivity index (χ1v) is 5.62. The van der Waals surface area contributed by atoms with Crippen LogP contribution in [0.5, 0.6) is 0 Å². The molecule has 0 bridgehead atoms. The summed E-state index contributed by atoms with van der Waals surface area (Å²) in [5.74, 6) is -0.511. The maximum absolute atomic E-state index is 11.4. The number of rotatable bonds is 3. The minimum Gasteiger partial charge on any atom is -0.515 e. The number of aryl methyl sites for hydroxylation is 1. The van der Waals surface area contributed by atoms with Gasteiger partial charge in [-0.25, -0.2) is 4.79 Å². The van der Waals surface area contributed by atoms with Gasteiger partial charge in [-0.3, -0.25) is 0 Å². The molecular formula is C14H15NO3. The van der Waals surface area contributed by atoms with Gasteiger partial charge in [0.25, 0.3) is 0 Å². The van der Waals surface area contributed by atoms with Gasteiger partial charge < -0.3 is 14.4 Å². The fraction of sp³-hybridized carbons (Fsp3) is 0.214. The molecule has 4 nitrogen and oxygen atoms in total. The number of ether oxygens (including phenoxy) is 1. The molecule has 0 aliphatic rings. The Hall–Kier alpha value is -2.23. The molecule has 1 N–H and O–H groups in total. The SMILES string of the molecule is COC(=O)/C(=C/O)Cc1cc2ccccc2n1C. The maximum atomic E-state index is 11.4. The van der Waals surface area contributed by atoms with Crippen LogP contribution in [0.2, 0.25) is 0 Å². The van der Waals surface area contributed by atoms with E-state index >= 15 is 0 Å². The van der Waals surface area contributed by atoms with Gasteiger partial charge in [0.2, 0.25) is 0 Å². The van der Waals surface area contributed by atoms with Crippen molar-refractivity contribution in [3.05, 3.63) is 47.9 Å². The van der Waals surface area contributed by atoms with E-state index in [1.54, 1.807) is 0 Å². The van der Waals surface area contributed by atoms with Crippen LogP contribution in [-0.2, 0) is 23.0 Å². The summed E-state index contributed by atoms with van der Waals surface area (Å²) < 4.78 is 6.61. The normalized spacial score (nSPS) is 11.8. The molecule has 1 aromatic heterocycles. The predicted molar refractivity (Wildman–Crippen MR) is 69.4 cm³/mol. The van der Waals surface area contributed by atoms with E-state index in [-0.39, 0.29) is 5.57 Å². The highest BCUT2D eigenvalue weighted by Gasteiger charge is 2.14. The van der Waals surface area contributed by atoms with E-state index in [0.717, 1.165) is 22.9 Å². The molecule has 0 saturated carbocycles. The molecule has 0 radical (unpaired) electrons. The Morgan fingerprint density at radius 3 is 2.78 bits per heavy atom. The average molecular weight is 245 g/mol. The first kappa shape index (κ1) is 12.2. The van der Waals surface area contributed by atoms with E-state index in [4.69, 9.17) is 5.11 Å². The van der Waals surface area contributed by atoms with Crippen LogP contribution in [0.3, 0.4) is 0 Å². The summed E-state index contributed by atoms with van der Waals surface area (Å²) in [4.78, 5) is 11.4. The molecule has 2 aromatic rings. The molecule has 0 spiro atoms. The summed E-state index contributed by atoms with van der Waals surface area (Å²) in [5, 5.41) is 10.2. The maximum Gasteiger partial charge on any atom is 0.337 e. The van der Waals surface area contributed by atoms with Gasteiger partial charge in [0, 0.05) is 24.7 Å². The number of fused-ring (bicyclic) bond motifs is 1. The van der Waals surface area contributed by atoms with E-state index in [1.165, 1.54) is 7.11 Å². The quantitative estimate of drug-likeness (QED) is 0.513. The summed E-state index contributed by atoms with van der Waals surface area (Å²) in [5.41, 5.74) is 2.28. The molecule has 0 aliphatic heterocycles. The van der Waals surface area contributed by atoms with Crippen LogP contribution >= 0.6 is 0 Å². The molecule has 4 heteroatoms. The van der Waals surface area contributed by atoms with Crippen molar-refractivity contribution in [2.45, 2.75) is 6.42 Å². The number of carbonyl (C=O) groups excluding carboxylic acids is 1. The Labute approximate surface area is 105 Å². The largest absolute Gasteiger partial charge is 0.515 e. The molecule has 0 amide bonds. The van der Waals surface area contributed by atoms with Crippen molar-refractivity contribution in [1.82, 2.24) is 4.57 Å². The summed E-state index contributed by atoms with van der Waals surface area (Å²) in [6.45, 7) is 0. The number of aliphatic hydroxyl groups is 1. The van der Waals surface area contributed by atoms with Gasteiger partial charge >= 0.3 is 5.97 Å². The second-order valence-corrected chi connectivity index (χ2v) is 4.08. The van der Waals surface area contributed by atoms with Gasteiger partial charge in [-0.05, 0) is 17.5 Å². The standard InChI is InChI=1S/C14H15NO3/c1-15-12(8-11(9-16)14(17)18-2)7-10-5-3-4-6-13(10)15/h3-7,9,16H,8H2,1-2H3/b11-9+. The molecule has 1 heterocycles. The highest BCUT2D eigenvalue weighted by molar-refractivity contribution is 5.89. The van der Waals surface area contributed by atoms with Crippen molar-refractivity contribution in [2.75, 3.05) is 7.11 Å². The van der Waals surface area contributed by atoms with Crippen LogP contribution in [0.15, 0.2) is 42.2 Å². The topological polar surface area (TPSA) is 51.5 Å². The predicted octanol–water partition coefficient (Wildman–Crippen LogP) is 2.34. The number of hydrogen-bond donors (Lipinski definition) is 1. The van der Waals surface area contributed by atoms with Crippen molar-refractivity contribution in [2.24, 2.45) is 7.05 Å². The Morgan fingerprint density at radius 2 is 2.17 bits per heavy atom. The van der Waals surface area contributed by atoms with Crippen molar-refractivity contribution in [3.63, 3.8) is 0 Å². The van der Waals surface area contributed by atoms with Gasteiger partial charge in [0.1, 0.15) is 0 Å². The smallest absolute Gasteiger partial charge is 0.337 e. The van der Waals surface area contributed by atoms with Gasteiger partial charge in [-0.2, -0.15) is 0 Å². The van der Waals surface area contributed by atoms with E-state index in [0.29, 0.717) is 6.42 Å². The third-order valence-electron chi connectivity index (χ3n) is 3.03. The van der Waals surface area contributed by atoms with Crippen molar-refractivity contribution in [1.29, 1.82) is 0 Å². The van der Waals surface area contributed by atoms with E-state index < -0.39 is 5.97 Å². The van der Waals surface area contributed by atoms with Gasteiger partial charge in [-0.15, -0.1) is 0 Å². The number of para-hydroxylation sites is 1. The molecule has 2 rings (SSSR count). The van der Waals surface area contributed by atoms with Crippen LogP contribution < -0.4 is 0 Å². The van der Waals surface area contributed by atoms with Crippen molar-refractivity contribution in [3.8, 4) is 0 Å². The lowest BCUT2D eigenvalue weighted by atomic mass is 10.1. The fourth-order valence-electron chi connectivity index (χ4n) is 2.01. The second-order valence-electron chi connectivity index (χ2n) is 4.08. The highest BCUT2D eigenvalue weighted by atomic mass is 16.5. The molecule has 0 unspecified atom stereocenters. The second kappa shape index (κ2) is 4.96. The molecule has 1 aromatic carbocycles. The number of hydrogen-bond acceptors (Lipinski definition) is 3. The fourth-order valence-corrected chi connectivity index (χ4v) is 2.01. The molecule has 0 saturated heterocycles. The molecular weight excluding hydrogens is 230 g/mol. The lowest BCUT2D eigenvalue weighted by Gasteiger charge is -2.06. The molecule has 0 atom stereocenters. The zero-order valence-corrected chi connectivity index (χ0v) is 10.4. The Balaban J connectivity index is 2.37. The first-order valence-electron chi connectivity index (χ1n) is 5.62. The number of methoxy groups -OCH3 is 1. The molecule has 94 valence electrons. The average Bonchev–Trinajstić information content (AvgIpc) is 2.72. The van der Waals surface area contributed by atoms with Gasteiger partial charge in [-0.1, -0.05) is 18.2 Å². The number of aromatic nitrogens is 1. The lowest BCUT2D eigenvalue weighted by Crippen LogP contribution is -2.09. The molecule has 18 heavy (non-hydrogen) atoms. The number of nitrogens with zero attached hydrogens (tertiary/aromatic N) is 1. The van der Waals surface area contributed by atoms with Crippen molar-refractivity contribution < 1.29 is 14.6 Å². The minimum absolute atomic E-state index is 0.239. The summed E-state index contributed by atoms with van der Waals surface area (Å²) in [6.07, 6.45) is 1.15. The van der Waals surface area contributed by atoms with Crippen LogP contribution in [0.1, 0.15) is 5.69 Å². The van der Waals surface area contributed by atoms with Crippen LogP contribution in [0.25, 0.3) is 10.9 Å². The lowest BCUT2D eigenvalue weighted by molar-refractivity contribution is -0.136. The molecule has 0 aliphatic carbocycles. The first-order chi connectivity index (χ1) is 8.67. The summed E-state index contributed by atoms with van der Waals surface area (Å²) >= 11 is 0. The zero-order valence-electron chi connectivity index (χ0n) is 10.4. The number of benzene rings is 1. The third-order valence-corrected chi connectivity index (χ3v) is 3.03.